The number of carbonyl (C=O) groups is 2. The maximum atomic E-state index is 12.7. The molecule has 1 fully saturated rings. The quantitative estimate of drug-likeness (QED) is 0.661. The molecular weight excluding hydrogens is 415 g/mol. The first-order valence-electron chi connectivity index (χ1n) is 9.55. The summed E-state index contributed by atoms with van der Waals surface area (Å²) in [4.78, 5) is 43.3. The van der Waals surface area contributed by atoms with Gasteiger partial charge in [0, 0.05) is 43.4 Å². The fourth-order valence-electron chi connectivity index (χ4n) is 3.59. The number of hydrogen-bond donors (Lipinski definition) is 2. The number of benzene rings is 1. The third-order valence-corrected chi connectivity index (χ3v) is 5.25. The third kappa shape index (κ3) is 3.90. The molecule has 4 rings (SSSR count). The Morgan fingerprint density at radius 1 is 1.26 bits per heavy atom. The fourth-order valence-corrected chi connectivity index (χ4v) is 3.59. The van der Waals surface area contributed by atoms with Gasteiger partial charge in [0.15, 0.2) is 5.65 Å². The van der Waals surface area contributed by atoms with Gasteiger partial charge in [0.2, 0.25) is 5.91 Å². The molecule has 1 aromatic carbocycles. The summed E-state index contributed by atoms with van der Waals surface area (Å²) < 4.78 is 39.2. The van der Waals surface area contributed by atoms with Crippen LogP contribution in [0.4, 0.5) is 18.9 Å². The molecule has 2 N–H and O–H groups in total. The second kappa shape index (κ2) is 7.56. The Hall–Kier alpha value is -3.63. The van der Waals surface area contributed by atoms with E-state index in [-0.39, 0.29) is 35.1 Å². The predicted molar refractivity (Wildman–Crippen MR) is 105 cm³/mol. The molecule has 3 aromatic rings. The number of fused-ring (bicyclic) bond motifs is 1. The van der Waals surface area contributed by atoms with Crippen LogP contribution in [0.2, 0.25) is 0 Å². The average molecular weight is 433 g/mol. The van der Waals surface area contributed by atoms with E-state index in [0.29, 0.717) is 18.8 Å². The smallest absolute Gasteiger partial charge is 0.342 e. The highest BCUT2D eigenvalue weighted by molar-refractivity contribution is 6.08. The average Bonchev–Trinajstić information content (AvgIpc) is 3.31. The van der Waals surface area contributed by atoms with Crippen molar-refractivity contribution in [2.45, 2.75) is 25.4 Å². The Kier molecular flexibility index (Phi) is 5.03. The maximum absolute atomic E-state index is 12.7. The van der Waals surface area contributed by atoms with Crippen LogP contribution in [0.15, 0.2) is 41.3 Å². The largest absolute Gasteiger partial charge is 0.416 e. The van der Waals surface area contributed by atoms with Crippen LogP contribution >= 0.6 is 0 Å². The van der Waals surface area contributed by atoms with E-state index in [1.807, 2.05) is 6.92 Å². The molecule has 1 aliphatic rings. The summed E-state index contributed by atoms with van der Waals surface area (Å²) >= 11 is 0. The molecule has 0 aliphatic carbocycles. The Morgan fingerprint density at radius 2 is 1.97 bits per heavy atom. The molecule has 1 atom stereocenters. The number of aromatic amines is 1. The van der Waals surface area contributed by atoms with Crippen molar-refractivity contribution in [2.75, 3.05) is 18.4 Å². The first-order valence-corrected chi connectivity index (χ1v) is 9.55. The second-order valence-electron chi connectivity index (χ2n) is 7.23. The molecule has 0 unspecified atom stereocenters. The first kappa shape index (κ1) is 20.6. The lowest BCUT2D eigenvalue weighted by Gasteiger charge is -2.13. The first-order chi connectivity index (χ1) is 14.7. The number of nitrogens with zero attached hydrogens (tertiary/aromatic N) is 3. The summed E-state index contributed by atoms with van der Waals surface area (Å²) in [7, 11) is 0. The van der Waals surface area contributed by atoms with Gasteiger partial charge in [0.1, 0.15) is 5.56 Å². The van der Waals surface area contributed by atoms with Gasteiger partial charge in [-0.2, -0.15) is 13.2 Å². The van der Waals surface area contributed by atoms with Gasteiger partial charge in [-0.1, -0.05) is 0 Å². The number of anilines is 1. The van der Waals surface area contributed by atoms with E-state index < -0.39 is 23.2 Å². The zero-order valence-corrected chi connectivity index (χ0v) is 16.4. The molecule has 0 spiro atoms. The minimum atomic E-state index is -4.48. The number of alkyl halides is 3. The van der Waals surface area contributed by atoms with Crippen LogP contribution in [0.3, 0.4) is 0 Å². The molecule has 0 radical (unpaired) electrons. The number of nitrogens with one attached hydrogen (secondary N) is 2. The van der Waals surface area contributed by atoms with Crippen molar-refractivity contribution in [3.8, 4) is 0 Å². The van der Waals surface area contributed by atoms with Gasteiger partial charge in [0.05, 0.1) is 11.3 Å². The van der Waals surface area contributed by atoms with E-state index in [1.54, 1.807) is 4.90 Å². The molecule has 11 heteroatoms. The van der Waals surface area contributed by atoms with Crippen LogP contribution < -0.4 is 10.9 Å². The summed E-state index contributed by atoms with van der Waals surface area (Å²) in [6.45, 7) is 2.86. The van der Waals surface area contributed by atoms with Crippen LogP contribution in [-0.2, 0) is 11.0 Å². The standard InChI is InChI=1S/C20H18F3N5O3/c1-2-27-10-11(7-16(27)29)15-8-17(30)28-18(26-15)14(9-24-28)19(31)25-13-5-3-12(4-6-13)20(21,22)23/h3-6,8-9,11,24H,2,7,10H2,1H3,(H,25,31)/t11-/m1/s1. The van der Waals surface area contributed by atoms with Gasteiger partial charge >= 0.3 is 6.18 Å². The van der Waals surface area contributed by atoms with Crippen molar-refractivity contribution in [1.29, 1.82) is 0 Å². The second-order valence-corrected chi connectivity index (χ2v) is 7.23. The molecule has 0 bridgehead atoms. The topological polar surface area (TPSA) is 99.6 Å². The molecule has 3 heterocycles. The molecule has 2 amide bonds. The van der Waals surface area contributed by atoms with E-state index in [9.17, 15) is 27.6 Å². The minimum Gasteiger partial charge on any atom is -0.342 e. The highest BCUT2D eigenvalue weighted by atomic mass is 19.4. The van der Waals surface area contributed by atoms with Crippen LogP contribution in [-0.4, -0.2) is 44.4 Å². The number of halogens is 3. The van der Waals surface area contributed by atoms with Crippen molar-refractivity contribution in [1.82, 2.24) is 19.5 Å². The SMILES string of the molecule is CCN1C[C@H](c2cc(=O)n3[nH]cc(C(=O)Nc4ccc(C(F)(F)F)cc4)c3n2)CC1=O. The van der Waals surface area contributed by atoms with E-state index in [2.05, 4.69) is 15.4 Å². The van der Waals surface area contributed by atoms with Crippen molar-refractivity contribution < 1.29 is 22.8 Å². The lowest BCUT2D eigenvalue weighted by atomic mass is 10.0. The van der Waals surface area contributed by atoms with Crippen LogP contribution in [0.5, 0.6) is 0 Å². The van der Waals surface area contributed by atoms with E-state index >= 15 is 0 Å². The third-order valence-electron chi connectivity index (χ3n) is 5.25. The zero-order chi connectivity index (χ0) is 22.3. The highest BCUT2D eigenvalue weighted by Gasteiger charge is 2.32. The number of aromatic nitrogens is 3. The Morgan fingerprint density at radius 3 is 2.58 bits per heavy atom. The van der Waals surface area contributed by atoms with Crippen LogP contribution in [0.1, 0.15) is 40.9 Å². The Bertz CT molecular complexity index is 1210. The zero-order valence-electron chi connectivity index (χ0n) is 16.4. The fraction of sp³-hybridized carbons (Fsp3) is 0.300. The molecule has 0 saturated carbocycles. The molecule has 8 nitrogen and oxygen atoms in total. The van der Waals surface area contributed by atoms with E-state index in [4.69, 9.17) is 0 Å². The Labute approximate surface area is 173 Å². The summed E-state index contributed by atoms with van der Waals surface area (Å²) in [5.41, 5.74) is -0.559. The van der Waals surface area contributed by atoms with Gasteiger partial charge in [-0.25, -0.2) is 9.50 Å². The van der Waals surface area contributed by atoms with E-state index in [1.165, 1.54) is 12.3 Å². The number of H-pyrrole nitrogens is 1. The number of carbonyl (C=O) groups excluding carboxylic acids is 2. The molecule has 1 aliphatic heterocycles. The highest BCUT2D eigenvalue weighted by Crippen LogP contribution is 2.30. The van der Waals surface area contributed by atoms with Gasteiger partial charge in [-0.3, -0.25) is 19.5 Å². The van der Waals surface area contributed by atoms with Gasteiger partial charge in [-0.05, 0) is 31.2 Å². The summed E-state index contributed by atoms with van der Waals surface area (Å²) in [6.07, 6.45) is -2.95. The molecule has 2 aromatic heterocycles. The van der Waals surface area contributed by atoms with Crippen molar-refractivity contribution in [3.05, 3.63) is 63.7 Å². The number of rotatable bonds is 4. The van der Waals surface area contributed by atoms with Crippen LogP contribution in [0, 0.1) is 0 Å². The minimum absolute atomic E-state index is 0.0242. The molecule has 31 heavy (non-hydrogen) atoms. The normalized spacial score (nSPS) is 16.8. The molecule has 1 saturated heterocycles. The summed E-state index contributed by atoms with van der Waals surface area (Å²) in [5.74, 6) is -0.921. The van der Waals surface area contributed by atoms with Crippen molar-refractivity contribution in [2.24, 2.45) is 0 Å². The number of likely N-dealkylation sites (N-methyl/N-ethyl adjacent to an activating group) is 1. The summed E-state index contributed by atoms with van der Waals surface area (Å²) in [6, 6.07) is 5.34. The maximum Gasteiger partial charge on any atom is 0.416 e. The monoisotopic (exact) mass is 433 g/mol. The lowest BCUT2D eigenvalue weighted by molar-refractivity contribution is -0.137. The van der Waals surface area contributed by atoms with E-state index in [0.717, 1.165) is 28.8 Å². The lowest BCUT2D eigenvalue weighted by Crippen LogP contribution is -2.24. The van der Waals surface area contributed by atoms with Crippen LogP contribution in [0.25, 0.3) is 5.65 Å². The predicted octanol–water partition coefficient (Wildman–Crippen LogP) is 2.63. The molecule has 162 valence electrons. The number of amides is 2. The van der Waals surface area contributed by atoms with Gasteiger partial charge in [0.25, 0.3) is 11.5 Å². The number of hydrogen-bond acceptors (Lipinski definition) is 4. The Balaban J connectivity index is 1.62. The van der Waals surface area contributed by atoms with Crippen molar-refractivity contribution in [3.63, 3.8) is 0 Å². The summed E-state index contributed by atoms with van der Waals surface area (Å²) in [5, 5.41) is 5.16. The molecular formula is C20H18F3N5O3. The van der Waals surface area contributed by atoms with Crippen molar-refractivity contribution >= 4 is 23.1 Å². The van der Waals surface area contributed by atoms with Gasteiger partial charge < -0.3 is 10.2 Å². The van der Waals surface area contributed by atoms with Gasteiger partial charge in [-0.15, -0.1) is 0 Å². The number of likely N-dealkylation sites (tertiary alicyclic amines) is 1.